The van der Waals surface area contributed by atoms with Crippen molar-refractivity contribution in [2.45, 2.75) is 33.1 Å². The van der Waals surface area contributed by atoms with E-state index in [9.17, 15) is 0 Å². The topological polar surface area (TPSA) is 9.23 Å². The number of hydrogen-bond donors (Lipinski definition) is 0. The van der Waals surface area contributed by atoms with E-state index in [-0.39, 0.29) is 0 Å². The predicted molar refractivity (Wildman–Crippen MR) is 106 cm³/mol. The number of aryl methyl sites for hydroxylation is 1. The molecule has 0 amide bonds. The van der Waals surface area contributed by atoms with E-state index in [0.29, 0.717) is 6.61 Å². The average Bonchev–Trinajstić information content (AvgIpc) is 2.66. The summed E-state index contributed by atoms with van der Waals surface area (Å²) in [5.41, 5.74) is 3.46. The van der Waals surface area contributed by atoms with Crippen molar-refractivity contribution in [2.75, 3.05) is 6.61 Å². The molecule has 0 spiro atoms. The highest BCUT2D eigenvalue weighted by Gasteiger charge is 1.98. The average molecular weight is 328 g/mol. The normalized spacial score (nSPS) is 10.3. The quantitative estimate of drug-likeness (QED) is 0.523. The molecule has 1 nitrogen and oxygen atoms in total. The van der Waals surface area contributed by atoms with Crippen LogP contribution in [-0.4, -0.2) is 6.61 Å². The van der Waals surface area contributed by atoms with Gasteiger partial charge in [-0.3, -0.25) is 0 Å². The standard InChI is InChI=1S/C24H24O/c1-3-5-6-20-9-13-23-18-21(10-14-22(23)17-20)8-7-19-11-15-24(16-12-19)25-4-2/h9-18H,3-6H2,1-2H3. The minimum atomic E-state index is 0.683. The fourth-order valence-electron chi connectivity index (χ4n) is 2.85. The lowest BCUT2D eigenvalue weighted by molar-refractivity contribution is 0.340. The zero-order chi connectivity index (χ0) is 17.5. The Labute approximate surface area is 150 Å². The maximum absolute atomic E-state index is 5.46. The Morgan fingerprint density at radius 2 is 1.44 bits per heavy atom. The summed E-state index contributed by atoms with van der Waals surface area (Å²) < 4.78 is 5.46. The lowest BCUT2D eigenvalue weighted by atomic mass is 10.0. The summed E-state index contributed by atoms with van der Waals surface area (Å²) in [5.74, 6) is 7.38. The molecule has 0 aromatic heterocycles. The van der Waals surface area contributed by atoms with Crippen molar-refractivity contribution in [3.63, 3.8) is 0 Å². The third-order valence-corrected chi connectivity index (χ3v) is 4.24. The second-order valence-corrected chi connectivity index (χ2v) is 6.21. The molecular weight excluding hydrogens is 304 g/mol. The minimum absolute atomic E-state index is 0.683. The van der Waals surface area contributed by atoms with Crippen LogP contribution in [0.15, 0.2) is 60.7 Å². The number of unbranched alkanes of at least 4 members (excludes halogenated alkanes) is 1. The van der Waals surface area contributed by atoms with Crippen LogP contribution in [0.25, 0.3) is 10.8 Å². The van der Waals surface area contributed by atoms with Crippen molar-refractivity contribution in [3.05, 3.63) is 77.4 Å². The summed E-state index contributed by atoms with van der Waals surface area (Å²) in [6.45, 7) is 4.90. The smallest absolute Gasteiger partial charge is 0.119 e. The van der Waals surface area contributed by atoms with Crippen LogP contribution in [0.5, 0.6) is 5.75 Å². The first-order chi connectivity index (χ1) is 12.3. The highest BCUT2D eigenvalue weighted by molar-refractivity contribution is 5.84. The first-order valence-corrected chi connectivity index (χ1v) is 9.06. The molecule has 0 aliphatic carbocycles. The van der Waals surface area contributed by atoms with Crippen LogP contribution in [0, 0.1) is 11.8 Å². The molecule has 0 saturated carbocycles. The van der Waals surface area contributed by atoms with Crippen molar-refractivity contribution < 1.29 is 4.74 Å². The number of rotatable bonds is 5. The first-order valence-electron chi connectivity index (χ1n) is 9.06. The molecule has 0 bridgehead atoms. The minimum Gasteiger partial charge on any atom is -0.494 e. The number of benzene rings is 3. The highest BCUT2D eigenvalue weighted by atomic mass is 16.5. The van der Waals surface area contributed by atoms with Gasteiger partial charge in [0.25, 0.3) is 0 Å². The number of hydrogen-bond acceptors (Lipinski definition) is 1. The second kappa shape index (κ2) is 8.40. The van der Waals surface area contributed by atoms with E-state index < -0.39 is 0 Å². The largest absolute Gasteiger partial charge is 0.494 e. The van der Waals surface area contributed by atoms with Gasteiger partial charge < -0.3 is 4.74 Å². The third-order valence-electron chi connectivity index (χ3n) is 4.24. The highest BCUT2D eigenvalue weighted by Crippen LogP contribution is 2.19. The lowest BCUT2D eigenvalue weighted by Crippen LogP contribution is -1.90. The molecule has 0 aliphatic rings. The van der Waals surface area contributed by atoms with Crippen molar-refractivity contribution in [1.29, 1.82) is 0 Å². The van der Waals surface area contributed by atoms with E-state index in [1.165, 1.54) is 29.2 Å². The molecule has 0 N–H and O–H groups in total. The van der Waals surface area contributed by atoms with Gasteiger partial charge >= 0.3 is 0 Å². The molecule has 0 saturated heterocycles. The fourth-order valence-corrected chi connectivity index (χ4v) is 2.85. The summed E-state index contributed by atoms with van der Waals surface area (Å²) >= 11 is 0. The number of fused-ring (bicyclic) bond motifs is 1. The summed E-state index contributed by atoms with van der Waals surface area (Å²) in [4.78, 5) is 0. The first kappa shape index (κ1) is 17.1. The van der Waals surface area contributed by atoms with Crippen LogP contribution in [0.2, 0.25) is 0 Å². The van der Waals surface area contributed by atoms with E-state index >= 15 is 0 Å². The van der Waals surface area contributed by atoms with Crippen LogP contribution in [0.1, 0.15) is 43.4 Å². The molecule has 0 radical (unpaired) electrons. The maximum atomic E-state index is 5.46. The Bertz CT molecular complexity index is 895. The van der Waals surface area contributed by atoms with Gasteiger partial charge in [-0.1, -0.05) is 49.5 Å². The molecule has 1 heteroatoms. The van der Waals surface area contributed by atoms with Crippen LogP contribution >= 0.6 is 0 Å². The molecule has 0 aliphatic heterocycles. The van der Waals surface area contributed by atoms with E-state index in [1.54, 1.807) is 0 Å². The Morgan fingerprint density at radius 3 is 2.20 bits per heavy atom. The van der Waals surface area contributed by atoms with Gasteiger partial charge in [-0.15, -0.1) is 0 Å². The Hall–Kier alpha value is -2.72. The Morgan fingerprint density at radius 1 is 0.760 bits per heavy atom. The van der Waals surface area contributed by atoms with Gasteiger partial charge in [0.1, 0.15) is 5.75 Å². The Kier molecular flexibility index (Phi) is 5.75. The Balaban J connectivity index is 1.78. The molecular formula is C24H24O. The molecule has 25 heavy (non-hydrogen) atoms. The van der Waals surface area contributed by atoms with Gasteiger partial charge in [-0.25, -0.2) is 0 Å². The van der Waals surface area contributed by atoms with E-state index in [1.807, 2.05) is 31.2 Å². The molecule has 0 atom stereocenters. The van der Waals surface area contributed by atoms with Gasteiger partial charge in [-0.2, -0.15) is 0 Å². The van der Waals surface area contributed by atoms with Crippen LogP contribution < -0.4 is 4.74 Å². The summed E-state index contributed by atoms with van der Waals surface area (Å²) in [6.07, 6.45) is 3.64. The van der Waals surface area contributed by atoms with Crippen molar-refractivity contribution >= 4 is 10.8 Å². The van der Waals surface area contributed by atoms with Crippen LogP contribution in [0.4, 0.5) is 0 Å². The van der Waals surface area contributed by atoms with Gasteiger partial charge in [0, 0.05) is 11.1 Å². The van der Waals surface area contributed by atoms with Gasteiger partial charge in [0.05, 0.1) is 6.61 Å². The van der Waals surface area contributed by atoms with Gasteiger partial charge in [-0.05, 0) is 72.5 Å². The summed E-state index contributed by atoms with van der Waals surface area (Å²) in [5, 5.41) is 2.54. The predicted octanol–water partition coefficient (Wildman–Crippen LogP) is 5.98. The molecule has 3 aromatic rings. The molecule has 3 aromatic carbocycles. The monoisotopic (exact) mass is 328 g/mol. The van der Waals surface area contributed by atoms with Crippen molar-refractivity contribution in [3.8, 4) is 17.6 Å². The SMILES string of the molecule is CCCCc1ccc2cc(C#Cc3ccc(OCC)cc3)ccc2c1. The molecule has 3 rings (SSSR count). The van der Waals surface area contributed by atoms with Gasteiger partial charge in [0.15, 0.2) is 0 Å². The van der Waals surface area contributed by atoms with Crippen LogP contribution in [-0.2, 0) is 6.42 Å². The molecule has 126 valence electrons. The molecule has 0 heterocycles. The fraction of sp³-hybridized carbons (Fsp3) is 0.250. The molecule has 0 fully saturated rings. The number of ether oxygens (including phenoxy) is 1. The zero-order valence-electron chi connectivity index (χ0n) is 15.0. The van der Waals surface area contributed by atoms with E-state index in [0.717, 1.165) is 23.3 Å². The maximum Gasteiger partial charge on any atom is 0.119 e. The lowest BCUT2D eigenvalue weighted by Gasteiger charge is -2.04. The molecule has 0 unspecified atom stereocenters. The van der Waals surface area contributed by atoms with Crippen molar-refractivity contribution in [2.24, 2.45) is 0 Å². The van der Waals surface area contributed by atoms with Gasteiger partial charge in [0.2, 0.25) is 0 Å². The van der Waals surface area contributed by atoms with Crippen molar-refractivity contribution in [1.82, 2.24) is 0 Å². The second-order valence-electron chi connectivity index (χ2n) is 6.21. The van der Waals surface area contributed by atoms with E-state index in [2.05, 4.69) is 55.2 Å². The summed E-state index contributed by atoms with van der Waals surface area (Å²) in [7, 11) is 0. The van der Waals surface area contributed by atoms with Crippen LogP contribution in [0.3, 0.4) is 0 Å². The zero-order valence-corrected chi connectivity index (χ0v) is 15.0. The van der Waals surface area contributed by atoms with E-state index in [4.69, 9.17) is 4.74 Å². The summed E-state index contributed by atoms with van der Waals surface area (Å²) in [6, 6.07) is 21.1. The third kappa shape index (κ3) is 4.64.